The van der Waals surface area contributed by atoms with Crippen molar-refractivity contribution in [1.82, 2.24) is 10.3 Å². The summed E-state index contributed by atoms with van der Waals surface area (Å²) in [5, 5.41) is 4.35. The van der Waals surface area contributed by atoms with Gasteiger partial charge >= 0.3 is 0 Å². The molecule has 0 bridgehead atoms. The van der Waals surface area contributed by atoms with Gasteiger partial charge in [0.15, 0.2) is 0 Å². The van der Waals surface area contributed by atoms with Crippen molar-refractivity contribution in [2.24, 2.45) is 0 Å². The zero-order valence-electron chi connectivity index (χ0n) is 13.2. The molecule has 1 amide bonds. The van der Waals surface area contributed by atoms with Crippen LogP contribution >= 0.6 is 0 Å². The number of benzene rings is 2. The first kappa shape index (κ1) is 14.1. The summed E-state index contributed by atoms with van der Waals surface area (Å²) in [5.74, 6) is 0.438. The lowest BCUT2D eigenvalue weighted by Gasteiger charge is -2.32. The molecule has 0 spiro atoms. The molecule has 0 saturated carbocycles. The molecule has 4 rings (SSSR count). The molecule has 2 unspecified atom stereocenters. The van der Waals surface area contributed by atoms with E-state index in [1.165, 1.54) is 27.6 Å². The summed E-state index contributed by atoms with van der Waals surface area (Å²) in [6, 6.07) is 17.4. The molecule has 2 N–H and O–H groups in total. The molecular weight excluding hydrogens is 284 g/mol. The Kier molecular flexibility index (Phi) is 3.41. The molecule has 0 aliphatic heterocycles. The molecule has 1 aromatic heterocycles. The second-order valence-electron chi connectivity index (χ2n) is 6.34. The van der Waals surface area contributed by atoms with E-state index in [2.05, 4.69) is 58.8 Å². The summed E-state index contributed by atoms with van der Waals surface area (Å²) in [4.78, 5) is 14.7. The maximum Gasteiger partial charge on any atom is 0.217 e. The van der Waals surface area contributed by atoms with Crippen molar-refractivity contribution < 1.29 is 4.79 Å². The van der Waals surface area contributed by atoms with Gasteiger partial charge < -0.3 is 10.3 Å². The van der Waals surface area contributed by atoms with E-state index in [4.69, 9.17) is 0 Å². The number of fused-ring (bicyclic) bond motifs is 2. The largest absolute Gasteiger partial charge is 0.361 e. The minimum atomic E-state index is 0.0389. The van der Waals surface area contributed by atoms with Crippen LogP contribution in [0.2, 0.25) is 0 Å². The van der Waals surface area contributed by atoms with Gasteiger partial charge in [-0.15, -0.1) is 0 Å². The number of hydrogen-bond donors (Lipinski definition) is 2. The molecule has 1 aliphatic rings. The van der Waals surface area contributed by atoms with E-state index >= 15 is 0 Å². The quantitative estimate of drug-likeness (QED) is 0.729. The van der Waals surface area contributed by atoms with Crippen LogP contribution < -0.4 is 5.32 Å². The van der Waals surface area contributed by atoms with Crippen LogP contribution in [0.5, 0.6) is 0 Å². The van der Waals surface area contributed by atoms with E-state index in [1.807, 2.05) is 6.20 Å². The Balaban J connectivity index is 1.76. The predicted octanol–water partition coefficient (Wildman–Crippen LogP) is 4.27. The number of H-pyrrole nitrogens is 1. The highest BCUT2D eigenvalue weighted by Crippen LogP contribution is 2.41. The fraction of sp³-hybridized carbons (Fsp3) is 0.250. The van der Waals surface area contributed by atoms with E-state index in [9.17, 15) is 4.79 Å². The zero-order valence-corrected chi connectivity index (χ0v) is 13.2. The monoisotopic (exact) mass is 304 g/mol. The fourth-order valence-electron chi connectivity index (χ4n) is 3.82. The van der Waals surface area contributed by atoms with Gasteiger partial charge in [-0.25, -0.2) is 0 Å². The Labute approximate surface area is 135 Å². The second kappa shape index (κ2) is 5.58. The third kappa shape index (κ3) is 2.52. The first-order chi connectivity index (χ1) is 11.2. The number of amides is 1. The Morgan fingerprint density at radius 2 is 1.91 bits per heavy atom. The van der Waals surface area contributed by atoms with E-state index in [0.717, 1.165) is 12.8 Å². The molecule has 3 aromatic rings. The molecule has 23 heavy (non-hydrogen) atoms. The molecule has 0 radical (unpaired) electrons. The standard InChI is InChI=1S/C20H20N2O/c1-13(23)22-20-9-7-16(17-4-2-3-5-18(17)20)14-6-8-19-15(12-14)10-11-21-19/h2-6,8,10-12,16,20-21H,7,9H2,1H3,(H,22,23). The number of hydrogen-bond acceptors (Lipinski definition) is 1. The lowest BCUT2D eigenvalue weighted by atomic mass is 9.76. The first-order valence-electron chi connectivity index (χ1n) is 8.15. The third-order valence-corrected chi connectivity index (χ3v) is 4.85. The Bertz CT molecular complexity index is 865. The third-order valence-electron chi connectivity index (χ3n) is 4.85. The minimum absolute atomic E-state index is 0.0389. The van der Waals surface area contributed by atoms with Crippen LogP contribution in [0.25, 0.3) is 10.9 Å². The average Bonchev–Trinajstić information content (AvgIpc) is 3.02. The molecule has 2 atom stereocenters. The maximum atomic E-state index is 11.5. The SMILES string of the molecule is CC(=O)NC1CCC(c2ccc3[nH]ccc3c2)c2ccccc21. The van der Waals surface area contributed by atoms with E-state index in [1.54, 1.807) is 6.92 Å². The summed E-state index contributed by atoms with van der Waals surface area (Å²) in [6.07, 6.45) is 4.01. The lowest BCUT2D eigenvalue weighted by molar-refractivity contribution is -0.119. The number of nitrogens with one attached hydrogen (secondary N) is 2. The van der Waals surface area contributed by atoms with Crippen molar-refractivity contribution in [1.29, 1.82) is 0 Å². The van der Waals surface area contributed by atoms with Crippen LogP contribution in [0.4, 0.5) is 0 Å². The zero-order chi connectivity index (χ0) is 15.8. The highest BCUT2D eigenvalue weighted by atomic mass is 16.1. The Morgan fingerprint density at radius 1 is 1.09 bits per heavy atom. The van der Waals surface area contributed by atoms with Crippen molar-refractivity contribution in [3.63, 3.8) is 0 Å². The molecule has 3 nitrogen and oxygen atoms in total. The summed E-state index contributed by atoms with van der Waals surface area (Å²) in [6.45, 7) is 1.59. The van der Waals surface area contributed by atoms with Gasteiger partial charge in [0.1, 0.15) is 0 Å². The summed E-state index contributed by atoms with van der Waals surface area (Å²) in [5.41, 5.74) is 5.13. The molecule has 2 aromatic carbocycles. The van der Waals surface area contributed by atoms with Crippen LogP contribution in [-0.2, 0) is 4.79 Å². The van der Waals surface area contributed by atoms with Gasteiger partial charge in [0.2, 0.25) is 5.91 Å². The smallest absolute Gasteiger partial charge is 0.217 e. The summed E-state index contributed by atoms with van der Waals surface area (Å²) < 4.78 is 0. The van der Waals surface area contributed by atoms with Gasteiger partial charge in [0, 0.05) is 24.6 Å². The van der Waals surface area contributed by atoms with Gasteiger partial charge in [-0.2, -0.15) is 0 Å². The predicted molar refractivity (Wildman–Crippen MR) is 92.4 cm³/mol. The van der Waals surface area contributed by atoms with E-state index in [0.29, 0.717) is 5.92 Å². The van der Waals surface area contributed by atoms with Crippen LogP contribution in [0.3, 0.4) is 0 Å². The number of rotatable bonds is 2. The van der Waals surface area contributed by atoms with E-state index < -0.39 is 0 Å². The summed E-state index contributed by atoms with van der Waals surface area (Å²) >= 11 is 0. The van der Waals surface area contributed by atoms with Gasteiger partial charge in [-0.05, 0) is 53.1 Å². The van der Waals surface area contributed by atoms with Crippen molar-refractivity contribution in [2.45, 2.75) is 31.7 Å². The van der Waals surface area contributed by atoms with Crippen molar-refractivity contribution in [3.05, 3.63) is 71.4 Å². The molecule has 116 valence electrons. The first-order valence-corrected chi connectivity index (χ1v) is 8.15. The lowest BCUT2D eigenvalue weighted by Crippen LogP contribution is -2.30. The molecule has 1 heterocycles. The van der Waals surface area contributed by atoms with Crippen molar-refractivity contribution in [3.8, 4) is 0 Å². The van der Waals surface area contributed by atoms with Gasteiger partial charge in [0.05, 0.1) is 6.04 Å². The van der Waals surface area contributed by atoms with Crippen LogP contribution in [0, 0.1) is 0 Å². The van der Waals surface area contributed by atoms with Crippen molar-refractivity contribution in [2.75, 3.05) is 0 Å². The second-order valence-corrected chi connectivity index (χ2v) is 6.34. The Morgan fingerprint density at radius 3 is 2.74 bits per heavy atom. The van der Waals surface area contributed by atoms with E-state index in [-0.39, 0.29) is 11.9 Å². The van der Waals surface area contributed by atoms with Crippen LogP contribution in [0.15, 0.2) is 54.7 Å². The van der Waals surface area contributed by atoms with Gasteiger partial charge in [-0.1, -0.05) is 30.3 Å². The van der Waals surface area contributed by atoms with Crippen molar-refractivity contribution >= 4 is 16.8 Å². The maximum absolute atomic E-state index is 11.5. The van der Waals surface area contributed by atoms with Gasteiger partial charge in [0.25, 0.3) is 0 Å². The highest BCUT2D eigenvalue weighted by molar-refractivity contribution is 5.80. The summed E-state index contributed by atoms with van der Waals surface area (Å²) in [7, 11) is 0. The minimum Gasteiger partial charge on any atom is -0.361 e. The number of aromatic amines is 1. The molecule has 0 fully saturated rings. The van der Waals surface area contributed by atoms with Crippen LogP contribution in [-0.4, -0.2) is 10.9 Å². The van der Waals surface area contributed by atoms with Gasteiger partial charge in [-0.3, -0.25) is 4.79 Å². The topological polar surface area (TPSA) is 44.9 Å². The normalized spacial score (nSPS) is 20.2. The highest BCUT2D eigenvalue weighted by Gasteiger charge is 2.28. The number of aromatic nitrogens is 1. The molecule has 3 heteroatoms. The molecular formula is C20H20N2O. The average molecular weight is 304 g/mol. The van der Waals surface area contributed by atoms with Crippen LogP contribution in [0.1, 0.15) is 48.4 Å². The molecule has 0 saturated heterocycles. The fourth-order valence-corrected chi connectivity index (χ4v) is 3.82. The number of carbonyl (C=O) groups excluding carboxylic acids is 1. The molecule has 1 aliphatic carbocycles. The number of carbonyl (C=O) groups is 1. The Hall–Kier alpha value is -2.55.